The maximum Gasteiger partial charge on any atom is 0.271 e. The number of rotatable bonds is 5. The zero-order valence-electron chi connectivity index (χ0n) is 12.0. The van der Waals surface area contributed by atoms with Gasteiger partial charge < -0.3 is 10.6 Å². The van der Waals surface area contributed by atoms with Gasteiger partial charge in [-0.25, -0.2) is 0 Å². The predicted octanol–water partition coefficient (Wildman–Crippen LogP) is 1.73. The van der Waals surface area contributed by atoms with Crippen molar-refractivity contribution in [2.45, 2.75) is 20.8 Å². The van der Waals surface area contributed by atoms with Crippen LogP contribution >= 0.6 is 0 Å². The number of primary amides is 1. The first-order valence-corrected chi connectivity index (χ1v) is 6.65. The zero-order valence-corrected chi connectivity index (χ0v) is 12.0. The number of anilines is 1. The Morgan fingerprint density at radius 1 is 1.30 bits per heavy atom. The average molecular weight is 273 g/mol. The number of carbonyl (C=O) groups excluding carboxylic acids is 1. The van der Waals surface area contributed by atoms with Gasteiger partial charge in [0.1, 0.15) is 5.69 Å². The van der Waals surface area contributed by atoms with E-state index in [1.54, 1.807) is 0 Å². The summed E-state index contributed by atoms with van der Waals surface area (Å²) >= 11 is 0. The van der Waals surface area contributed by atoms with Crippen molar-refractivity contribution in [3.8, 4) is 11.3 Å². The van der Waals surface area contributed by atoms with Crippen LogP contribution < -0.4 is 10.6 Å². The van der Waals surface area contributed by atoms with Gasteiger partial charge in [-0.2, -0.15) is 15.4 Å². The standard InChI is InChI=1S/C14H19N5O/c1-4-19(5-2)10-6-7-11(9(3)8-10)12-13(14(15)20)17-18-16-12/h6-8H,4-5H2,1-3H3,(H2,15,20)(H,16,17,18). The van der Waals surface area contributed by atoms with Gasteiger partial charge in [0.25, 0.3) is 5.91 Å². The number of benzene rings is 1. The number of aromatic nitrogens is 3. The van der Waals surface area contributed by atoms with Crippen molar-refractivity contribution in [2.24, 2.45) is 5.73 Å². The average Bonchev–Trinajstić information content (AvgIpc) is 2.89. The summed E-state index contributed by atoms with van der Waals surface area (Å²) in [6.45, 7) is 8.13. The summed E-state index contributed by atoms with van der Waals surface area (Å²) < 4.78 is 0. The Bertz CT molecular complexity index is 616. The highest BCUT2D eigenvalue weighted by molar-refractivity contribution is 5.97. The first kappa shape index (κ1) is 14.0. The molecule has 0 bridgehead atoms. The molecular weight excluding hydrogens is 254 g/mol. The number of nitrogens with two attached hydrogens (primary N) is 1. The van der Waals surface area contributed by atoms with Crippen molar-refractivity contribution in [3.05, 3.63) is 29.5 Å². The normalized spacial score (nSPS) is 10.6. The number of H-pyrrole nitrogens is 1. The van der Waals surface area contributed by atoms with E-state index in [2.05, 4.69) is 40.2 Å². The van der Waals surface area contributed by atoms with Gasteiger partial charge >= 0.3 is 0 Å². The molecule has 2 aromatic rings. The van der Waals surface area contributed by atoms with Crippen LogP contribution in [0.4, 0.5) is 5.69 Å². The fourth-order valence-electron chi connectivity index (χ4n) is 2.29. The van der Waals surface area contributed by atoms with E-state index in [-0.39, 0.29) is 5.69 Å². The maximum atomic E-state index is 11.3. The number of amides is 1. The van der Waals surface area contributed by atoms with Gasteiger partial charge in [0.15, 0.2) is 5.69 Å². The molecule has 0 spiro atoms. The minimum atomic E-state index is -0.582. The van der Waals surface area contributed by atoms with E-state index in [0.717, 1.165) is 29.9 Å². The second kappa shape index (κ2) is 5.73. The molecule has 0 aliphatic heterocycles. The molecule has 3 N–H and O–H groups in total. The molecule has 20 heavy (non-hydrogen) atoms. The lowest BCUT2D eigenvalue weighted by atomic mass is 10.0. The molecule has 0 aliphatic carbocycles. The van der Waals surface area contributed by atoms with Crippen LogP contribution in [0.5, 0.6) is 0 Å². The summed E-state index contributed by atoms with van der Waals surface area (Å²) in [5.74, 6) is -0.582. The van der Waals surface area contributed by atoms with Crippen molar-refractivity contribution in [2.75, 3.05) is 18.0 Å². The van der Waals surface area contributed by atoms with Gasteiger partial charge in [-0.15, -0.1) is 0 Å². The monoisotopic (exact) mass is 273 g/mol. The predicted molar refractivity (Wildman–Crippen MR) is 78.6 cm³/mol. The van der Waals surface area contributed by atoms with Crippen molar-refractivity contribution in [3.63, 3.8) is 0 Å². The molecule has 2 rings (SSSR count). The Morgan fingerprint density at radius 3 is 2.55 bits per heavy atom. The van der Waals surface area contributed by atoms with Crippen molar-refractivity contribution in [1.82, 2.24) is 15.4 Å². The number of nitrogens with one attached hydrogen (secondary N) is 1. The Labute approximate surface area is 118 Å². The lowest BCUT2D eigenvalue weighted by Crippen LogP contribution is -2.21. The maximum absolute atomic E-state index is 11.3. The number of aromatic amines is 1. The third-order valence-electron chi connectivity index (χ3n) is 3.38. The van der Waals surface area contributed by atoms with Gasteiger partial charge in [-0.1, -0.05) is 6.07 Å². The summed E-state index contributed by atoms with van der Waals surface area (Å²) in [5.41, 5.74) is 9.02. The van der Waals surface area contributed by atoms with Gasteiger partial charge in [0, 0.05) is 24.3 Å². The molecule has 106 valence electrons. The first-order chi connectivity index (χ1) is 9.58. The lowest BCUT2D eigenvalue weighted by Gasteiger charge is -2.22. The lowest BCUT2D eigenvalue weighted by molar-refractivity contribution is 0.0996. The summed E-state index contributed by atoms with van der Waals surface area (Å²) in [4.78, 5) is 13.6. The summed E-state index contributed by atoms with van der Waals surface area (Å²) in [6.07, 6.45) is 0. The van der Waals surface area contributed by atoms with Crippen molar-refractivity contribution >= 4 is 11.6 Å². The zero-order chi connectivity index (χ0) is 14.7. The van der Waals surface area contributed by atoms with Crippen molar-refractivity contribution < 1.29 is 4.79 Å². The molecule has 0 atom stereocenters. The minimum Gasteiger partial charge on any atom is -0.372 e. The van der Waals surface area contributed by atoms with Crippen LogP contribution in [0.25, 0.3) is 11.3 Å². The van der Waals surface area contributed by atoms with E-state index in [9.17, 15) is 4.79 Å². The smallest absolute Gasteiger partial charge is 0.271 e. The Hall–Kier alpha value is -2.37. The van der Waals surface area contributed by atoms with E-state index in [1.165, 1.54) is 0 Å². The van der Waals surface area contributed by atoms with Crippen LogP contribution in [0.1, 0.15) is 29.9 Å². The Kier molecular flexibility index (Phi) is 4.02. The second-order valence-corrected chi connectivity index (χ2v) is 4.56. The molecule has 0 saturated carbocycles. The first-order valence-electron chi connectivity index (χ1n) is 6.65. The molecule has 0 saturated heterocycles. The van der Waals surface area contributed by atoms with Crippen LogP contribution in [0.15, 0.2) is 18.2 Å². The van der Waals surface area contributed by atoms with Crippen LogP contribution in [-0.4, -0.2) is 34.4 Å². The molecule has 0 unspecified atom stereocenters. The molecule has 1 heterocycles. The Balaban J connectivity index is 2.44. The molecule has 1 amide bonds. The van der Waals surface area contributed by atoms with E-state index >= 15 is 0 Å². The highest BCUT2D eigenvalue weighted by Gasteiger charge is 2.17. The molecule has 0 aliphatic rings. The fraction of sp³-hybridized carbons (Fsp3) is 0.357. The molecule has 6 nitrogen and oxygen atoms in total. The Morgan fingerprint density at radius 2 is 2.00 bits per heavy atom. The summed E-state index contributed by atoms with van der Waals surface area (Å²) in [6, 6.07) is 6.06. The molecule has 1 aromatic carbocycles. The quantitative estimate of drug-likeness (QED) is 0.868. The molecule has 6 heteroatoms. The van der Waals surface area contributed by atoms with Gasteiger partial charge in [0.05, 0.1) is 0 Å². The molecule has 0 radical (unpaired) electrons. The fourth-order valence-corrected chi connectivity index (χ4v) is 2.29. The molecular formula is C14H19N5O. The second-order valence-electron chi connectivity index (χ2n) is 4.56. The minimum absolute atomic E-state index is 0.170. The highest BCUT2D eigenvalue weighted by Crippen LogP contribution is 2.27. The summed E-state index contributed by atoms with van der Waals surface area (Å²) in [5, 5.41) is 10.3. The van der Waals surface area contributed by atoms with Crippen molar-refractivity contribution in [1.29, 1.82) is 0 Å². The van der Waals surface area contributed by atoms with Crippen LogP contribution in [0.3, 0.4) is 0 Å². The third-order valence-corrected chi connectivity index (χ3v) is 3.38. The third kappa shape index (κ3) is 2.49. The van der Waals surface area contributed by atoms with E-state index in [1.807, 2.05) is 19.1 Å². The number of aryl methyl sites for hydroxylation is 1. The number of hydrogen-bond acceptors (Lipinski definition) is 4. The highest BCUT2D eigenvalue weighted by atomic mass is 16.1. The van der Waals surface area contributed by atoms with E-state index in [0.29, 0.717) is 5.69 Å². The van der Waals surface area contributed by atoms with Gasteiger partial charge in [0.2, 0.25) is 0 Å². The summed E-state index contributed by atoms with van der Waals surface area (Å²) in [7, 11) is 0. The van der Waals surface area contributed by atoms with Crippen LogP contribution in [0.2, 0.25) is 0 Å². The molecule has 1 aromatic heterocycles. The van der Waals surface area contributed by atoms with E-state index in [4.69, 9.17) is 5.73 Å². The number of carbonyl (C=O) groups is 1. The molecule has 0 fully saturated rings. The van der Waals surface area contributed by atoms with Gasteiger partial charge in [-0.3, -0.25) is 4.79 Å². The largest absolute Gasteiger partial charge is 0.372 e. The van der Waals surface area contributed by atoms with E-state index < -0.39 is 5.91 Å². The van der Waals surface area contributed by atoms with Crippen LogP contribution in [0, 0.1) is 6.92 Å². The van der Waals surface area contributed by atoms with Gasteiger partial charge in [-0.05, 0) is 38.5 Å². The van der Waals surface area contributed by atoms with Crippen LogP contribution in [-0.2, 0) is 0 Å². The number of nitrogens with zero attached hydrogens (tertiary/aromatic N) is 3. The topological polar surface area (TPSA) is 87.9 Å². The number of hydrogen-bond donors (Lipinski definition) is 2. The SMILES string of the molecule is CCN(CC)c1ccc(-c2n[nH]nc2C(N)=O)c(C)c1.